The van der Waals surface area contributed by atoms with E-state index < -0.39 is 10.0 Å². The molecule has 6 heteroatoms. The molecule has 1 heterocycles. The van der Waals surface area contributed by atoms with E-state index >= 15 is 0 Å². The minimum Gasteiger partial charge on any atom is -0.263 e. The van der Waals surface area contributed by atoms with Crippen molar-refractivity contribution in [2.24, 2.45) is 0 Å². The molecule has 1 N–H and O–H groups in total. The Kier molecular flexibility index (Phi) is 4.01. The lowest BCUT2D eigenvalue weighted by Gasteiger charge is -2.09. The normalized spacial score (nSPS) is 10.8. The van der Waals surface area contributed by atoms with Crippen LogP contribution in [0, 0.1) is 11.3 Å². The molecule has 1 aromatic heterocycles. The summed E-state index contributed by atoms with van der Waals surface area (Å²) in [5, 5.41) is 8.97. The van der Waals surface area contributed by atoms with Crippen LogP contribution in [0.1, 0.15) is 18.1 Å². The second kappa shape index (κ2) is 5.72. The maximum Gasteiger partial charge on any atom is 0.264 e. The molecule has 0 spiro atoms. The molecule has 0 aliphatic rings. The number of nitriles is 1. The Morgan fingerprint density at radius 3 is 2.75 bits per heavy atom. The molecule has 0 amide bonds. The summed E-state index contributed by atoms with van der Waals surface area (Å²) in [7, 11) is -3.82. The van der Waals surface area contributed by atoms with E-state index in [0.29, 0.717) is 0 Å². The van der Waals surface area contributed by atoms with Crippen molar-refractivity contribution in [3.05, 3.63) is 53.7 Å². The van der Waals surface area contributed by atoms with Gasteiger partial charge < -0.3 is 0 Å². The Hall–Kier alpha value is -2.39. The summed E-state index contributed by atoms with van der Waals surface area (Å²) < 4.78 is 27.0. The van der Waals surface area contributed by atoms with Crippen LogP contribution in [-0.4, -0.2) is 13.4 Å². The Labute approximate surface area is 118 Å². The highest BCUT2D eigenvalue weighted by Gasteiger charge is 2.18. The Bertz CT molecular complexity index is 764. The summed E-state index contributed by atoms with van der Waals surface area (Å²) in [6, 6.07) is 11.4. The summed E-state index contributed by atoms with van der Waals surface area (Å²) in [4.78, 5) is 3.93. The van der Waals surface area contributed by atoms with E-state index in [9.17, 15) is 8.42 Å². The fourth-order valence-corrected chi connectivity index (χ4v) is 2.89. The molecule has 20 heavy (non-hydrogen) atoms. The van der Waals surface area contributed by atoms with Gasteiger partial charge in [-0.1, -0.05) is 19.1 Å². The molecule has 1 aromatic carbocycles. The van der Waals surface area contributed by atoms with Crippen molar-refractivity contribution < 1.29 is 8.42 Å². The third-order valence-electron chi connectivity index (χ3n) is 2.77. The largest absolute Gasteiger partial charge is 0.264 e. The number of hydrogen-bond donors (Lipinski definition) is 1. The minimum atomic E-state index is -3.82. The van der Waals surface area contributed by atoms with Crippen LogP contribution in [0.4, 0.5) is 5.82 Å². The number of aromatic nitrogens is 1. The first kappa shape index (κ1) is 14.0. The fraction of sp³-hybridized carbons (Fsp3) is 0.143. The zero-order valence-corrected chi connectivity index (χ0v) is 11.7. The minimum absolute atomic E-state index is 0.0498. The molecule has 2 rings (SSSR count). The predicted octanol–water partition coefficient (Wildman–Crippen LogP) is 2.32. The molecule has 5 nitrogen and oxygen atoms in total. The molecule has 0 aliphatic carbocycles. The lowest BCUT2D eigenvalue weighted by atomic mass is 10.2. The molecule has 102 valence electrons. The third kappa shape index (κ3) is 2.95. The predicted molar refractivity (Wildman–Crippen MR) is 75.6 cm³/mol. The maximum atomic E-state index is 12.3. The van der Waals surface area contributed by atoms with Gasteiger partial charge in [-0.3, -0.25) is 4.72 Å². The van der Waals surface area contributed by atoms with E-state index in [2.05, 4.69) is 9.71 Å². The number of aryl methyl sites for hydroxylation is 1. The van der Waals surface area contributed by atoms with Gasteiger partial charge in [0, 0.05) is 6.20 Å². The van der Waals surface area contributed by atoms with E-state index in [-0.39, 0.29) is 16.3 Å². The molecule has 0 bridgehead atoms. The van der Waals surface area contributed by atoms with Crippen LogP contribution >= 0.6 is 0 Å². The summed E-state index contributed by atoms with van der Waals surface area (Å²) >= 11 is 0. The van der Waals surface area contributed by atoms with Crippen molar-refractivity contribution in [1.82, 2.24) is 4.98 Å². The summed E-state index contributed by atoms with van der Waals surface area (Å²) in [6.07, 6.45) is 2.33. The number of sulfonamides is 1. The first-order valence-corrected chi connectivity index (χ1v) is 7.52. The van der Waals surface area contributed by atoms with E-state index in [1.54, 1.807) is 24.4 Å². The van der Waals surface area contributed by atoms with Crippen LogP contribution in [-0.2, 0) is 16.4 Å². The van der Waals surface area contributed by atoms with Crippen molar-refractivity contribution in [3.63, 3.8) is 0 Å². The highest BCUT2D eigenvalue weighted by Crippen LogP contribution is 2.18. The zero-order valence-electron chi connectivity index (χ0n) is 10.9. The molecule has 0 unspecified atom stereocenters. The van der Waals surface area contributed by atoms with E-state index in [0.717, 1.165) is 12.0 Å². The second-order valence-electron chi connectivity index (χ2n) is 4.12. The van der Waals surface area contributed by atoms with Crippen LogP contribution in [0.5, 0.6) is 0 Å². The number of rotatable bonds is 4. The van der Waals surface area contributed by atoms with Crippen LogP contribution in [0.2, 0.25) is 0 Å². The van der Waals surface area contributed by atoms with Crippen LogP contribution in [0.3, 0.4) is 0 Å². The Morgan fingerprint density at radius 1 is 1.30 bits per heavy atom. The second-order valence-corrected chi connectivity index (χ2v) is 5.77. The van der Waals surface area contributed by atoms with E-state index in [1.807, 2.05) is 19.1 Å². The lowest BCUT2D eigenvalue weighted by molar-refractivity contribution is 0.601. The molecule has 0 saturated heterocycles. The van der Waals surface area contributed by atoms with Crippen molar-refractivity contribution >= 4 is 15.8 Å². The number of anilines is 1. The molecular weight excluding hydrogens is 274 g/mol. The van der Waals surface area contributed by atoms with Gasteiger partial charge in [-0.2, -0.15) is 5.26 Å². The van der Waals surface area contributed by atoms with Crippen molar-refractivity contribution in [2.75, 3.05) is 4.72 Å². The lowest BCUT2D eigenvalue weighted by Crippen LogP contribution is -2.15. The first-order valence-electron chi connectivity index (χ1n) is 6.03. The fourth-order valence-electron chi connectivity index (χ4n) is 1.74. The van der Waals surface area contributed by atoms with Gasteiger partial charge in [-0.25, -0.2) is 13.4 Å². The molecule has 0 aliphatic heterocycles. The van der Waals surface area contributed by atoms with Gasteiger partial charge in [0.05, 0.1) is 5.56 Å². The highest BCUT2D eigenvalue weighted by molar-refractivity contribution is 7.92. The quantitative estimate of drug-likeness (QED) is 0.935. The summed E-state index contributed by atoms with van der Waals surface area (Å²) in [6.45, 7) is 1.97. The summed E-state index contributed by atoms with van der Waals surface area (Å²) in [5.74, 6) is 0.247. The molecule has 0 fully saturated rings. The standard InChI is InChI=1S/C14H13N3O2S/c1-2-11-7-8-16-14(9-11)17-20(18,19)13-6-4-3-5-12(13)10-15/h3-9H,2H2,1H3,(H,16,17). The van der Waals surface area contributed by atoms with Gasteiger partial charge in [0.2, 0.25) is 0 Å². The van der Waals surface area contributed by atoms with Gasteiger partial charge in [0.25, 0.3) is 10.0 Å². The molecule has 0 radical (unpaired) electrons. The van der Waals surface area contributed by atoms with Crippen molar-refractivity contribution in [3.8, 4) is 6.07 Å². The Morgan fingerprint density at radius 2 is 2.05 bits per heavy atom. The number of nitrogens with one attached hydrogen (secondary N) is 1. The monoisotopic (exact) mass is 287 g/mol. The maximum absolute atomic E-state index is 12.3. The molecule has 0 atom stereocenters. The SMILES string of the molecule is CCc1ccnc(NS(=O)(=O)c2ccccc2C#N)c1. The van der Waals surface area contributed by atoms with Gasteiger partial charge in [-0.05, 0) is 36.2 Å². The molecule has 2 aromatic rings. The molecule has 0 saturated carbocycles. The van der Waals surface area contributed by atoms with Crippen LogP contribution in [0.25, 0.3) is 0 Å². The van der Waals surface area contributed by atoms with Crippen LogP contribution in [0.15, 0.2) is 47.5 Å². The number of nitrogens with zero attached hydrogens (tertiary/aromatic N) is 2. The Balaban J connectivity index is 2.39. The van der Waals surface area contributed by atoms with E-state index in [1.165, 1.54) is 12.1 Å². The number of pyridine rings is 1. The van der Waals surface area contributed by atoms with Gasteiger partial charge in [0.15, 0.2) is 0 Å². The van der Waals surface area contributed by atoms with E-state index in [4.69, 9.17) is 5.26 Å². The first-order chi connectivity index (χ1) is 9.56. The highest BCUT2D eigenvalue weighted by atomic mass is 32.2. The summed E-state index contributed by atoms with van der Waals surface area (Å²) in [5.41, 5.74) is 1.08. The van der Waals surface area contributed by atoms with Crippen LogP contribution < -0.4 is 4.72 Å². The third-order valence-corrected chi connectivity index (χ3v) is 4.18. The van der Waals surface area contributed by atoms with Crippen molar-refractivity contribution in [2.45, 2.75) is 18.2 Å². The smallest absolute Gasteiger partial charge is 0.263 e. The van der Waals surface area contributed by atoms with Gasteiger partial charge >= 0.3 is 0 Å². The van der Waals surface area contributed by atoms with Crippen molar-refractivity contribution in [1.29, 1.82) is 5.26 Å². The average Bonchev–Trinajstić information content (AvgIpc) is 2.47. The topological polar surface area (TPSA) is 82.8 Å². The number of hydrogen-bond acceptors (Lipinski definition) is 4. The molecular formula is C14H13N3O2S. The average molecular weight is 287 g/mol. The van der Waals surface area contributed by atoms with Gasteiger partial charge in [0.1, 0.15) is 16.8 Å². The zero-order chi connectivity index (χ0) is 14.6. The van der Waals surface area contributed by atoms with Gasteiger partial charge in [-0.15, -0.1) is 0 Å². The number of benzene rings is 1.